The molecule has 0 radical (unpaired) electrons. The third-order valence-electron chi connectivity index (χ3n) is 2.35. The van der Waals surface area contributed by atoms with Gasteiger partial charge in [0.25, 0.3) is 0 Å². The van der Waals surface area contributed by atoms with E-state index in [1.54, 1.807) is 12.1 Å². The van der Waals surface area contributed by atoms with Crippen LogP contribution in [-0.4, -0.2) is 25.3 Å². The highest BCUT2D eigenvalue weighted by Gasteiger charge is 2.16. The van der Waals surface area contributed by atoms with Crippen molar-refractivity contribution in [2.45, 2.75) is 19.8 Å². The minimum atomic E-state index is -0.890. The van der Waals surface area contributed by atoms with Crippen LogP contribution in [0.5, 0.6) is 5.75 Å². The van der Waals surface area contributed by atoms with E-state index in [2.05, 4.69) is 6.58 Å². The van der Waals surface area contributed by atoms with Gasteiger partial charge in [0, 0.05) is 0 Å². The molecule has 20 heavy (non-hydrogen) atoms. The van der Waals surface area contributed by atoms with E-state index in [1.165, 1.54) is 18.2 Å². The van der Waals surface area contributed by atoms with Gasteiger partial charge in [-0.2, -0.15) is 0 Å². The SMILES string of the molecule is C=CCOC(=O)Oc1ccccc1C(=O)OCCCC. The predicted molar refractivity (Wildman–Crippen MR) is 73.8 cm³/mol. The van der Waals surface area contributed by atoms with Crippen LogP contribution in [0.3, 0.4) is 0 Å². The summed E-state index contributed by atoms with van der Waals surface area (Å²) in [5.74, 6) is -0.409. The van der Waals surface area contributed by atoms with Crippen LogP contribution in [0.2, 0.25) is 0 Å². The van der Waals surface area contributed by atoms with Gasteiger partial charge < -0.3 is 14.2 Å². The highest BCUT2D eigenvalue weighted by Crippen LogP contribution is 2.19. The summed E-state index contributed by atoms with van der Waals surface area (Å²) >= 11 is 0. The number of carbonyl (C=O) groups is 2. The molecule has 0 bridgehead atoms. The zero-order chi connectivity index (χ0) is 14.8. The molecule has 1 aromatic carbocycles. The maximum Gasteiger partial charge on any atom is 0.514 e. The average Bonchev–Trinajstić information content (AvgIpc) is 2.46. The van der Waals surface area contributed by atoms with Crippen LogP contribution < -0.4 is 4.74 Å². The highest BCUT2D eigenvalue weighted by atomic mass is 16.7. The van der Waals surface area contributed by atoms with Crippen molar-refractivity contribution in [1.29, 1.82) is 0 Å². The molecule has 0 saturated carbocycles. The van der Waals surface area contributed by atoms with Gasteiger partial charge in [-0.25, -0.2) is 9.59 Å². The Morgan fingerprint density at radius 3 is 2.70 bits per heavy atom. The fourth-order valence-electron chi connectivity index (χ4n) is 1.36. The Balaban J connectivity index is 2.69. The van der Waals surface area contributed by atoms with Gasteiger partial charge >= 0.3 is 12.1 Å². The normalized spacial score (nSPS) is 9.65. The Kier molecular flexibility index (Phi) is 6.89. The molecule has 0 saturated heterocycles. The van der Waals surface area contributed by atoms with Crippen molar-refractivity contribution in [3.63, 3.8) is 0 Å². The zero-order valence-corrected chi connectivity index (χ0v) is 11.5. The molecular weight excluding hydrogens is 260 g/mol. The molecule has 0 aliphatic rings. The van der Waals surface area contributed by atoms with Crippen LogP contribution in [0.1, 0.15) is 30.1 Å². The van der Waals surface area contributed by atoms with Crippen molar-refractivity contribution in [3.8, 4) is 5.75 Å². The van der Waals surface area contributed by atoms with Gasteiger partial charge in [0.05, 0.1) is 6.61 Å². The van der Waals surface area contributed by atoms with Crippen molar-refractivity contribution in [3.05, 3.63) is 42.5 Å². The van der Waals surface area contributed by atoms with E-state index in [-0.39, 0.29) is 17.9 Å². The van der Waals surface area contributed by atoms with Crippen LogP contribution in [0.15, 0.2) is 36.9 Å². The summed E-state index contributed by atoms with van der Waals surface area (Å²) < 4.78 is 14.7. The van der Waals surface area contributed by atoms with E-state index in [4.69, 9.17) is 14.2 Å². The van der Waals surface area contributed by atoms with Crippen LogP contribution >= 0.6 is 0 Å². The molecule has 0 heterocycles. The van der Waals surface area contributed by atoms with E-state index in [0.717, 1.165) is 12.8 Å². The molecule has 5 nitrogen and oxygen atoms in total. The van der Waals surface area contributed by atoms with Crippen LogP contribution in [0, 0.1) is 0 Å². The van der Waals surface area contributed by atoms with E-state index >= 15 is 0 Å². The topological polar surface area (TPSA) is 61.8 Å². The maximum atomic E-state index is 11.9. The quantitative estimate of drug-likeness (QED) is 0.331. The molecule has 108 valence electrons. The fraction of sp³-hybridized carbons (Fsp3) is 0.333. The maximum absolute atomic E-state index is 11.9. The number of rotatable bonds is 7. The summed E-state index contributed by atoms with van der Waals surface area (Å²) in [7, 11) is 0. The third-order valence-corrected chi connectivity index (χ3v) is 2.35. The number of carbonyl (C=O) groups excluding carboxylic acids is 2. The zero-order valence-electron chi connectivity index (χ0n) is 11.5. The fourth-order valence-corrected chi connectivity index (χ4v) is 1.36. The lowest BCUT2D eigenvalue weighted by atomic mass is 10.2. The average molecular weight is 278 g/mol. The molecule has 0 aliphatic carbocycles. The highest BCUT2D eigenvalue weighted by molar-refractivity contribution is 5.93. The molecule has 1 rings (SSSR count). The van der Waals surface area contributed by atoms with Crippen LogP contribution in [0.4, 0.5) is 4.79 Å². The molecule has 0 spiro atoms. The number of esters is 1. The summed E-state index contributed by atoms with van der Waals surface area (Å²) in [6.45, 7) is 5.80. The lowest BCUT2D eigenvalue weighted by Gasteiger charge is -2.09. The van der Waals surface area contributed by atoms with Crippen molar-refractivity contribution in [2.75, 3.05) is 13.2 Å². The van der Waals surface area contributed by atoms with Crippen molar-refractivity contribution >= 4 is 12.1 Å². The summed E-state index contributed by atoms with van der Waals surface area (Å²) in [5, 5.41) is 0. The van der Waals surface area contributed by atoms with Crippen LogP contribution in [-0.2, 0) is 9.47 Å². The molecule has 0 fully saturated rings. The number of ether oxygens (including phenoxy) is 3. The molecule has 1 aromatic rings. The lowest BCUT2D eigenvalue weighted by Crippen LogP contribution is -2.14. The lowest BCUT2D eigenvalue weighted by molar-refractivity contribution is 0.0495. The Labute approximate surface area is 118 Å². The number of para-hydroxylation sites is 1. The first-order valence-corrected chi connectivity index (χ1v) is 6.40. The van der Waals surface area contributed by atoms with Crippen molar-refractivity contribution < 1.29 is 23.8 Å². The van der Waals surface area contributed by atoms with Gasteiger partial charge in [0.1, 0.15) is 17.9 Å². The first kappa shape index (κ1) is 15.8. The van der Waals surface area contributed by atoms with Crippen LogP contribution in [0.25, 0.3) is 0 Å². The Morgan fingerprint density at radius 2 is 2.00 bits per heavy atom. The Morgan fingerprint density at radius 1 is 1.25 bits per heavy atom. The second kappa shape index (κ2) is 8.74. The summed E-state index contributed by atoms with van der Waals surface area (Å²) in [5.41, 5.74) is 0.194. The predicted octanol–water partition coefficient (Wildman–Crippen LogP) is 3.34. The second-order valence-corrected chi connectivity index (χ2v) is 3.94. The standard InChI is InChI=1S/C15H18O5/c1-3-5-11-18-14(16)12-8-6-7-9-13(12)20-15(17)19-10-4-2/h4,6-9H,2-3,5,10-11H2,1H3. The Hall–Kier alpha value is -2.30. The minimum Gasteiger partial charge on any atom is -0.462 e. The number of benzene rings is 1. The molecule has 0 unspecified atom stereocenters. The molecule has 0 amide bonds. The molecule has 0 N–H and O–H groups in total. The van der Waals surface area contributed by atoms with Gasteiger partial charge in [0.15, 0.2) is 0 Å². The summed E-state index contributed by atoms with van der Waals surface area (Å²) in [6.07, 6.45) is 2.25. The number of unbranched alkanes of at least 4 members (excludes halogenated alkanes) is 1. The minimum absolute atomic E-state index is 0.0436. The molecule has 5 heteroatoms. The smallest absolute Gasteiger partial charge is 0.462 e. The molecular formula is C15H18O5. The first-order valence-electron chi connectivity index (χ1n) is 6.40. The van der Waals surface area contributed by atoms with Gasteiger partial charge in [-0.05, 0) is 18.6 Å². The van der Waals surface area contributed by atoms with Crippen molar-refractivity contribution in [2.24, 2.45) is 0 Å². The third kappa shape index (κ3) is 5.14. The largest absolute Gasteiger partial charge is 0.514 e. The van der Waals surface area contributed by atoms with Gasteiger partial charge in [-0.3, -0.25) is 0 Å². The monoisotopic (exact) mass is 278 g/mol. The number of hydrogen-bond acceptors (Lipinski definition) is 5. The van der Waals surface area contributed by atoms with Gasteiger partial charge in [-0.1, -0.05) is 38.1 Å². The van der Waals surface area contributed by atoms with E-state index in [1.807, 2.05) is 6.92 Å². The van der Waals surface area contributed by atoms with Gasteiger partial charge in [-0.15, -0.1) is 0 Å². The van der Waals surface area contributed by atoms with E-state index < -0.39 is 12.1 Å². The van der Waals surface area contributed by atoms with Gasteiger partial charge in [0.2, 0.25) is 0 Å². The van der Waals surface area contributed by atoms with Crippen molar-refractivity contribution in [1.82, 2.24) is 0 Å². The molecule has 0 atom stereocenters. The summed E-state index contributed by atoms with van der Waals surface area (Å²) in [6, 6.07) is 6.35. The number of hydrogen-bond donors (Lipinski definition) is 0. The van der Waals surface area contributed by atoms with E-state index in [0.29, 0.717) is 6.61 Å². The molecule has 0 aromatic heterocycles. The Bertz CT molecular complexity index is 467. The van der Waals surface area contributed by atoms with E-state index in [9.17, 15) is 9.59 Å². The summed E-state index contributed by atoms with van der Waals surface area (Å²) in [4.78, 5) is 23.2. The second-order valence-electron chi connectivity index (χ2n) is 3.94. The molecule has 0 aliphatic heterocycles. The first-order chi connectivity index (χ1) is 9.69.